The van der Waals surface area contributed by atoms with Crippen LogP contribution in [-0.2, 0) is 0 Å². The topological polar surface area (TPSA) is 40.7 Å². The highest BCUT2D eigenvalue weighted by atomic mass is 19.1. The number of nitrogens with zero attached hydrogens (tertiary/aromatic N) is 1. The molecule has 1 saturated carbocycles. The van der Waals surface area contributed by atoms with Gasteiger partial charge in [-0.25, -0.2) is 4.39 Å². The second kappa shape index (κ2) is 6.29. The molecule has 1 aliphatic rings. The summed E-state index contributed by atoms with van der Waals surface area (Å²) in [5, 5.41) is 10.7. The predicted molar refractivity (Wildman–Crippen MR) is 83.6 cm³/mol. The van der Waals surface area contributed by atoms with Crippen molar-refractivity contribution in [1.82, 2.24) is 10.2 Å². The lowest BCUT2D eigenvalue weighted by atomic mass is 9.80. The molecule has 1 aromatic heterocycles. The fourth-order valence-electron chi connectivity index (χ4n) is 3.12. The van der Waals surface area contributed by atoms with Crippen molar-refractivity contribution in [1.29, 1.82) is 0 Å². The number of aromatic nitrogens is 2. The SMILES string of the molecule is CC1CCCC[C@@H]1CNc1cc(-c2ccc(F)cc2)[nH]n1. The zero-order valence-electron chi connectivity index (χ0n) is 12.4. The fraction of sp³-hybridized carbons (Fsp3) is 0.471. The van der Waals surface area contributed by atoms with Gasteiger partial charge in [-0.3, -0.25) is 5.10 Å². The van der Waals surface area contributed by atoms with Gasteiger partial charge in [0.2, 0.25) is 0 Å². The Morgan fingerprint density at radius 1 is 1.24 bits per heavy atom. The van der Waals surface area contributed by atoms with E-state index >= 15 is 0 Å². The lowest BCUT2D eigenvalue weighted by Gasteiger charge is -2.28. The Balaban J connectivity index is 1.61. The Bertz CT molecular complexity index is 576. The van der Waals surface area contributed by atoms with Gasteiger partial charge in [0, 0.05) is 12.6 Å². The smallest absolute Gasteiger partial charge is 0.148 e. The quantitative estimate of drug-likeness (QED) is 0.872. The minimum absolute atomic E-state index is 0.220. The van der Waals surface area contributed by atoms with E-state index in [4.69, 9.17) is 0 Å². The minimum atomic E-state index is -0.220. The molecule has 3 rings (SSSR count). The molecule has 2 N–H and O–H groups in total. The van der Waals surface area contributed by atoms with Crippen LogP contribution in [0.2, 0.25) is 0 Å². The van der Waals surface area contributed by atoms with Crippen molar-refractivity contribution in [3.63, 3.8) is 0 Å². The molecule has 2 aromatic rings. The number of hydrogen-bond acceptors (Lipinski definition) is 2. The first-order valence-corrected chi connectivity index (χ1v) is 7.77. The van der Waals surface area contributed by atoms with Crippen LogP contribution >= 0.6 is 0 Å². The summed E-state index contributed by atoms with van der Waals surface area (Å²) in [4.78, 5) is 0. The van der Waals surface area contributed by atoms with E-state index in [1.54, 1.807) is 12.1 Å². The van der Waals surface area contributed by atoms with E-state index in [-0.39, 0.29) is 5.82 Å². The molecule has 1 heterocycles. The predicted octanol–water partition coefficient (Wildman–Crippen LogP) is 4.45. The highest BCUT2D eigenvalue weighted by molar-refractivity contribution is 5.62. The average Bonchev–Trinajstić information content (AvgIpc) is 2.96. The normalized spacial score (nSPS) is 22.2. The monoisotopic (exact) mass is 287 g/mol. The molecule has 0 spiro atoms. The van der Waals surface area contributed by atoms with E-state index < -0.39 is 0 Å². The summed E-state index contributed by atoms with van der Waals surface area (Å²) in [7, 11) is 0. The lowest BCUT2D eigenvalue weighted by Crippen LogP contribution is -2.24. The van der Waals surface area contributed by atoms with E-state index in [0.29, 0.717) is 0 Å². The van der Waals surface area contributed by atoms with E-state index in [0.717, 1.165) is 35.5 Å². The second-order valence-electron chi connectivity index (χ2n) is 6.08. The zero-order valence-corrected chi connectivity index (χ0v) is 12.4. The zero-order chi connectivity index (χ0) is 14.7. The maximum absolute atomic E-state index is 12.9. The molecule has 0 bridgehead atoms. The van der Waals surface area contributed by atoms with Gasteiger partial charge in [0.1, 0.15) is 11.6 Å². The van der Waals surface area contributed by atoms with Gasteiger partial charge in [-0.05, 0) is 48.1 Å². The lowest BCUT2D eigenvalue weighted by molar-refractivity contribution is 0.268. The first-order chi connectivity index (χ1) is 10.2. The second-order valence-corrected chi connectivity index (χ2v) is 6.08. The summed E-state index contributed by atoms with van der Waals surface area (Å²) in [6.45, 7) is 3.33. The Labute approximate surface area is 125 Å². The molecule has 0 aliphatic heterocycles. The van der Waals surface area contributed by atoms with Gasteiger partial charge in [0.05, 0.1) is 5.69 Å². The van der Waals surface area contributed by atoms with Crippen molar-refractivity contribution >= 4 is 5.82 Å². The number of H-pyrrole nitrogens is 1. The van der Waals surface area contributed by atoms with Crippen molar-refractivity contribution in [3.8, 4) is 11.3 Å². The summed E-state index contributed by atoms with van der Waals surface area (Å²) in [6, 6.07) is 8.44. The standard InChI is InChI=1S/C17H22FN3/c1-12-4-2-3-5-14(12)11-19-17-10-16(20-21-17)13-6-8-15(18)9-7-13/h6-10,12,14H,2-5,11H2,1H3,(H2,19,20,21)/t12?,14-/m1/s1. The molecule has 1 unspecified atom stereocenters. The Hall–Kier alpha value is -1.84. The van der Waals surface area contributed by atoms with Gasteiger partial charge in [-0.2, -0.15) is 5.10 Å². The highest BCUT2D eigenvalue weighted by Gasteiger charge is 2.21. The fourth-order valence-corrected chi connectivity index (χ4v) is 3.12. The molecule has 0 radical (unpaired) electrons. The molecular weight excluding hydrogens is 265 g/mol. The van der Waals surface area contributed by atoms with Crippen LogP contribution in [0.1, 0.15) is 32.6 Å². The van der Waals surface area contributed by atoms with E-state index in [1.807, 2.05) is 6.07 Å². The van der Waals surface area contributed by atoms with Crippen molar-refractivity contribution in [2.75, 3.05) is 11.9 Å². The Morgan fingerprint density at radius 3 is 2.76 bits per heavy atom. The van der Waals surface area contributed by atoms with Gasteiger partial charge < -0.3 is 5.32 Å². The van der Waals surface area contributed by atoms with Gasteiger partial charge in [0.15, 0.2) is 0 Å². The minimum Gasteiger partial charge on any atom is -0.368 e. The summed E-state index contributed by atoms with van der Waals surface area (Å²) in [6.07, 6.45) is 5.37. The summed E-state index contributed by atoms with van der Waals surface area (Å²) in [5.74, 6) is 2.18. The summed E-state index contributed by atoms with van der Waals surface area (Å²) < 4.78 is 12.9. The first kappa shape index (κ1) is 14.1. The van der Waals surface area contributed by atoms with E-state index in [9.17, 15) is 4.39 Å². The van der Waals surface area contributed by atoms with Crippen molar-refractivity contribution < 1.29 is 4.39 Å². The third-order valence-corrected chi connectivity index (χ3v) is 4.57. The van der Waals surface area contributed by atoms with Crippen LogP contribution in [0, 0.1) is 17.7 Å². The van der Waals surface area contributed by atoms with E-state index in [2.05, 4.69) is 22.4 Å². The van der Waals surface area contributed by atoms with Crippen LogP contribution in [0.15, 0.2) is 30.3 Å². The molecule has 0 amide bonds. The largest absolute Gasteiger partial charge is 0.368 e. The Kier molecular flexibility index (Phi) is 4.23. The van der Waals surface area contributed by atoms with Gasteiger partial charge in [0.25, 0.3) is 0 Å². The number of aromatic amines is 1. The van der Waals surface area contributed by atoms with Gasteiger partial charge in [-0.1, -0.05) is 26.2 Å². The molecule has 1 aliphatic carbocycles. The van der Waals surface area contributed by atoms with Crippen LogP contribution in [0.5, 0.6) is 0 Å². The number of benzene rings is 1. The number of anilines is 1. The van der Waals surface area contributed by atoms with Gasteiger partial charge in [-0.15, -0.1) is 0 Å². The molecule has 4 heteroatoms. The third kappa shape index (κ3) is 3.43. The molecule has 1 aromatic carbocycles. The van der Waals surface area contributed by atoms with Gasteiger partial charge >= 0.3 is 0 Å². The van der Waals surface area contributed by atoms with Crippen molar-refractivity contribution in [3.05, 3.63) is 36.1 Å². The van der Waals surface area contributed by atoms with Crippen LogP contribution < -0.4 is 5.32 Å². The molecular formula is C17H22FN3. The van der Waals surface area contributed by atoms with E-state index in [1.165, 1.54) is 37.8 Å². The number of halogens is 1. The molecule has 21 heavy (non-hydrogen) atoms. The van der Waals surface area contributed by atoms with Crippen LogP contribution in [0.25, 0.3) is 11.3 Å². The maximum Gasteiger partial charge on any atom is 0.148 e. The van der Waals surface area contributed by atoms with Crippen LogP contribution in [0.3, 0.4) is 0 Å². The number of nitrogens with one attached hydrogen (secondary N) is 2. The van der Waals surface area contributed by atoms with Crippen molar-refractivity contribution in [2.45, 2.75) is 32.6 Å². The molecule has 2 atom stereocenters. The first-order valence-electron chi connectivity index (χ1n) is 7.77. The Morgan fingerprint density at radius 2 is 2.00 bits per heavy atom. The van der Waals surface area contributed by atoms with Crippen LogP contribution in [-0.4, -0.2) is 16.7 Å². The molecule has 3 nitrogen and oxygen atoms in total. The molecule has 0 saturated heterocycles. The summed E-state index contributed by atoms with van der Waals surface area (Å²) in [5.41, 5.74) is 1.86. The third-order valence-electron chi connectivity index (χ3n) is 4.57. The number of rotatable bonds is 4. The molecule has 112 valence electrons. The van der Waals surface area contributed by atoms with Crippen LogP contribution in [0.4, 0.5) is 10.2 Å². The van der Waals surface area contributed by atoms with Crippen molar-refractivity contribution in [2.24, 2.45) is 11.8 Å². The maximum atomic E-state index is 12.9. The summed E-state index contributed by atoms with van der Waals surface area (Å²) >= 11 is 0. The number of hydrogen-bond donors (Lipinski definition) is 2. The average molecular weight is 287 g/mol. The molecule has 1 fully saturated rings. The highest BCUT2D eigenvalue weighted by Crippen LogP contribution is 2.29.